The average Bonchev–Trinajstić information content (AvgIpc) is 3.06. The zero-order chi connectivity index (χ0) is 13.3. The number of benzene rings is 1. The molecule has 1 aromatic rings. The molecule has 1 N–H and O–H groups in total. The molecule has 0 aromatic heterocycles. The molecule has 4 nitrogen and oxygen atoms in total. The van der Waals surface area contributed by atoms with Crippen molar-refractivity contribution < 1.29 is 19.3 Å². The number of hydrogen-bond acceptors (Lipinski definition) is 4. The first-order valence-electron chi connectivity index (χ1n) is 6.79. The van der Waals surface area contributed by atoms with E-state index in [0.29, 0.717) is 13.2 Å². The highest BCUT2D eigenvalue weighted by molar-refractivity contribution is 5.32. The number of hydrogen-bond donors (Lipinski definition) is 1. The van der Waals surface area contributed by atoms with Crippen LogP contribution in [-0.4, -0.2) is 37.8 Å². The second kappa shape index (κ2) is 5.12. The quantitative estimate of drug-likeness (QED) is 0.906. The van der Waals surface area contributed by atoms with Gasteiger partial charge in [-0.05, 0) is 29.5 Å². The zero-order valence-corrected chi connectivity index (χ0v) is 11.2. The van der Waals surface area contributed by atoms with Gasteiger partial charge in [-0.2, -0.15) is 0 Å². The Labute approximate surface area is 113 Å². The smallest absolute Gasteiger partial charge is 0.169 e. The fourth-order valence-corrected chi connectivity index (χ4v) is 3.31. The van der Waals surface area contributed by atoms with Crippen molar-refractivity contribution in [3.8, 4) is 5.75 Å². The van der Waals surface area contributed by atoms with Gasteiger partial charge in [-0.25, -0.2) is 0 Å². The maximum atomic E-state index is 9.63. The number of rotatable bonds is 3. The van der Waals surface area contributed by atoms with Crippen molar-refractivity contribution in [2.45, 2.75) is 24.5 Å². The van der Waals surface area contributed by atoms with E-state index in [9.17, 15) is 5.11 Å². The summed E-state index contributed by atoms with van der Waals surface area (Å²) in [4.78, 5) is 0. The van der Waals surface area contributed by atoms with Crippen LogP contribution < -0.4 is 4.74 Å². The highest BCUT2D eigenvalue weighted by Crippen LogP contribution is 2.49. The van der Waals surface area contributed by atoms with Crippen LogP contribution in [0.1, 0.15) is 24.3 Å². The molecule has 1 spiro atoms. The third-order valence-electron chi connectivity index (χ3n) is 4.24. The lowest BCUT2D eigenvalue weighted by Gasteiger charge is -2.21. The Balaban J connectivity index is 1.85. The van der Waals surface area contributed by atoms with Gasteiger partial charge in [0.25, 0.3) is 0 Å². The summed E-state index contributed by atoms with van der Waals surface area (Å²) in [5, 5.41) is 9.63. The minimum absolute atomic E-state index is 0.163. The monoisotopic (exact) mass is 264 g/mol. The van der Waals surface area contributed by atoms with Gasteiger partial charge in [0.1, 0.15) is 5.75 Å². The van der Waals surface area contributed by atoms with E-state index in [4.69, 9.17) is 14.2 Å². The van der Waals surface area contributed by atoms with Gasteiger partial charge in [-0.15, -0.1) is 0 Å². The Morgan fingerprint density at radius 2 is 2.11 bits per heavy atom. The van der Waals surface area contributed by atoms with Crippen LogP contribution in [0.5, 0.6) is 5.75 Å². The second-order valence-corrected chi connectivity index (χ2v) is 5.34. The fraction of sp³-hybridized carbons (Fsp3) is 0.600. The molecule has 19 heavy (non-hydrogen) atoms. The van der Waals surface area contributed by atoms with E-state index < -0.39 is 5.79 Å². The summed E-state index contributed by atoms with van der Waals surface area (Å²) in [6, 6.07) is 8.06. The van der Waals surface area contributed by atoms with Crippen LogP contribution in [0.25, 0.3) is 0 Å². The Bertz CT molecular complexity index is 440. The molecular formula is C15H20O4. The first kappa shape index (κ1) is 12.9. The molecule has 3 rings (SSSR count). The molecule has 0 radical (unpaired) electrons. The summed E-state index contributed by atoms with van der Waals surface area (Å²) in [7, 11) is 1.67. The average molecular weight is 264 g/mol. The minimum atomic E-state index is -0.471. The van der Waals surface area contributed by atoms with Crippen molar-refractivity contribution in [3.63, 3.8) is 0 Å². The maximum Gasteiger partial charge on any atom is 0.169 e. The maximum absolute atomic E-state index is 9.63. The molecule has 0 unspecified atom stereocenters. The molecule has 0 bridgehead atoms. The Morgan fingerprint density at radius 1 is 1.32 bits per heavy atom. The van der Waals surface area contributed by atoms with Crippen LogP contribution in [-0.2, 0) is 9.47 Å². The molecule has 1 heterocycles. The summed E-state index contributed by atoms with van der Waals surface area (Å²) in [5.41, 5.74) is 1.19. The Morgan fingerprint density at radius 3 is 2.79 bits per heavy atom. The van der Waals surface area contributed by atoms with E-state index in [1.54, 1.807) is 7.11 Å². The summed E-state index contributed by atoms with van der Waals surface area (Å²) in [6.45, 7) is 1.47. The summed E-state index contributed by atoms with van der Waals surface area (Å²) in [5.74, 6) is 0.827. The van der Waals surface area contributed by atoms with Crippen LogP contribution in [0.15, 0.2) is 24.3 Å². The van der Waals surface area contributed by atoms with E-state index in [-0.39, 0.29) is 18.4 Å². The molecule has 2 aliphatic rings. The van der Waals surface area contributed by atoms with Crippen molar-refractivity contribution in [1.82, 2.24) is 0 Å². The molecule has 0 amide bonds. The molecule has 1 aliphatic carbocycles. The number of aliphatic hydroxyl groups is 1. The Kier molecular flexibility index (Phi) is 3.48. The van der Waals surface area contributed by atoms with E-state index >= 15 is 0 Å². The summed E-state index contributed by atoms with van der Waals surface area (Å²) in [6.07, 6.45) is 1.58. The standard InChI is InChI=1S/C15H20O4/c1-17-13-4-2-3-11(7-13)14-9-15(8-12(14)10-16)18-5-6-19-15/h2-4,7,12,14,16H,5-6,8-10H2,1H3/t12-,14-/m1/s1. The van der Waals surface area contributed by atoms with Crippen LogP contribution in [0.4, 0.5) is 0 Å². The van der Waals surface area contributed by atoms with Crippen LogP contribution in [0.3, 0.4) is 0 Å². The normalized spacial score (nSPS) is 28.9. The predicted octanol–water partition coefficient (Wildman–Crippen LogP) is 1.92. The number of methoxy groups -OCH3 is 1. The lowest BCUT2D eigenvalue weighted by Crippen LogP contribution is -2.26. The molecule has 2 atom stereocenters. The molecule has 2 fully saturated rings. The lowest BCUT2D eigenvalue weighted by atomic mass is 9.89. The van der Waals surface area contributed by atoms with Gasteiger partial charge in [0.15, 0.2) is 5.79 Å². The largest absolute Gasteiger partial charge is 0.497 e. The highest BCUT2D eigenvalue weighted by atomic mass is 16.7. The van der Waals surface area contributed by atoms with Crippen molar-refractivity contribution in [3.05, 3.63) is 29.8 Å². The van der Waals surface area contributed by atoms with Gasteiger partial charge >= 0.3 is 0 Å². The van der Waals surface area contributed by atoms with E-state index in [1.165, 1.54) is 5.56 Å². The predicted molar refractivity (Wildman–Crippen MR) is 70.2 cm³/mol. The van der Waals surface area contributed by atoms with Gasteiger partial charge in [0.05, 0.1) is 20.3 Å². The van der Waals surface area contributed by atoms with Crippen LogP contribution in [0.2, 0.25) is 0 Å². The highest BCUT2D eigenvalue weighted by Gasteiger charge is 2.49. The lowest BCUT2D eigenvalue weighted by molar-refractivity contribution is -0.153. The topological polar surface area (TPSA) is 47.9 Å². The fourth-order valence-electron chi connectivity index (χ4n) is 3.31. The van der Waals surface area contributed by atoms with Crippen molar-refractivity contribution in [2.24, 2.45) is 5.92 Å². The van der Waals surface area contributed by atoms with Crippen LogP contribution in [0, 0.1) is 5.92 Å². The third kappa shape index (κ3) is 2.36. The molecule has 1 aromatic carbocycles. The first-order valence-corrected chi connectivity index (χ1v) is 6.79. The van der Waals surface area contributed by atoms with Gasteiger partial charge in [0.2, 0.25) is 0 Å². The van der Waals surface area contributed by atoms with Crippen molar-refractivity contribution in [2.75, 3.05) is 26.9 Å². The molecule has 1 aliphatic heterocycles. The molecule has 1 saturated carbocycles. The molecule has 104 valence electrons. The van der Waals surface area contributed by atoms with Crippen LogP contribution >= 0.6 is 0 Å². The molecular weight excluding hydrogens is 244 g/mol. The summed E-state index contributed by atoms with van der Waals surface area (Å²) >= 11 is 0. The van der Waals surface area contributed by atoms with Gasteiger partial charge < -0.3 is 19.3 Å². The minimum Gasteiger partial charge on any atom is -0.497 e. The molecule has 1 saturated heterocycles. The second-order valence-electron chi connectivity index (χ2n) is 5.34. The van der Waals surface area contributed by atoms with Gasteiger partial charge in [0, 0.05) is 19.4 Å². The van der Waals surface area contributed by atoms with E-state index in [2.05, 4.69) is 6.07 Å². The summed E-state index contributed by atoms with van der Waals surface area (Å²) < 4.78 is 16.8. The van der Waals surface area contributed by atoms with Gasteiger partial charge in [-0.3, -0.25) is 0 Å². The number of ether oxygens (including phenoxy) is 3. The van der Waals surface area contributed by atoms with E-state index in [1.807, 2.05) is 18.2 Å². The molecule has 4 heteroatoms. The first-order chi connectivity index (χ1) is 9.26. The van der Waals surface area contributed by atoms with E-state index in [0.717, 1.165) is 18.6 Å². The SMILES string of the molecule is COc1cccc([C@H]2CC3(C[C@@H]2CO)OCCO3)c1. The van der Waals surface area contributed by atoms with Gasteiger partial charge in [-0.1, -0.05) is 12.1 Å². The van der Waals surface area contributed by atoms with Crippen molar-refractivity contribution >= 4 is 0 Å². The zero-order valence-electron chi connectivity index (χ0n) is 11.2. The Hall–Kier alpha value is -1.10. The number of aliphatic hydroxyl groups excluding tert-OH is 1. The third-order valence-corrected chi connectivity index (χ3v) is 4.24. The van der Waals surface area contributed by atoms with Crippen molar-refractivity contribution in [1.29, 1.82) is 0 Å².